The molecule has 0 spiro atoms. The summed E-state index contributed by atoms with van der Waals surface area (Å²) >= 11 is 6.76. The van der Waals surface area contributed by atoms with Crippen molar-refractivity contribution in [2.24, 2.45) is 0 Å². The van der Waals surface area contributed by atoms with E-state index in [1.54, 1.807) is 23.7 Å². The van der Waals surface area contributed by atoms with Crippen LogP contribution in [0.3, 0.4) is 0 Å². The Labute approximate surface area is 130 Å². The summed E-state index contributed by atoms with van der Waals surface area (Å²) in [6.07, 6.45) is 3.38. The van der Waals surface area contributed by atoms with Crippen molar-refractivity contribution in [1.29, 1.82) is 0 Å². The minimum Gasteiger partial charge on any atom is -0.353 e. The zero-order valence-corrected chi connectivity index (χ0v) is 12.4. The standard InChI is InChI=1S/C13H11N5OS2/c20-13(16-9-3-5-14-6-4-9)15-8-11-17-12(18-19-11)10-2-1-7-21-10/h1-7H,8H2,(H2,14,15,16,20). The van der Waals surface area contributed by atoms with Crippen LogP contribution in [0.15, 0.2) is 46.6 Å². The van der Waals surface area contributed by atoms with E-state index in [0.717, 1.165) is 10.6 Å². The Morgan fingerprint density at radius 3 is 2.90 bits per heavy atom. The maximum absolute atomic E-state index is 5.19. The third-order valence-corrected chi connectivity index (χ3v) is 3.66. The normalized spacial score (nSPS) is 10.3. The first kappa shape index (κ1) is 13.7. The van der Waals surface area contributed by atoms with Crippen LogP contribution in [0.5, 0.6) is 0 Å². The summed E-state index contributed by atoms with van der Waals surface area (Å²) in [6, 6.07) is 7.55. The number of rotatable bonds is 4. The van der Waals surface area contributed by atoms with E-state index in [9.17, 15) is 0 Å². The maximum atomic E-state index is 5.19. The smallest absolute Gasteiger partial charge is 0.246 e. The molecule has 2 N–H and O–H groups in total. The van der Waals surface area contributed by atoms with Crippen LogP contribution < -0.4 is 10.6 Å². The van der Waals surface area contributed by atoms with Gasteiger partial charge < -0.3 is 15.2 Å². The highest BCUT2D eigenvalue weighted by Gasteiger charge is 2.09. The fourth-order valence-corrected chi connectivity index (χ4v) is 2.44. The van der Waals surface area contributed by atoms with Crippen LogP contribution in [0.4, 0.5) is 5.69 Å². The molecule has 3 heterocycles. The van der Waals surface area contributed by atoms with Crippen molar-refractivity contribution in [2.45, 2.75) is 6.54 Å². The van der Waals surface area contributed by atoms with E-state index in [0.29, 0.717) is 23.4 Å². The number of pyridine rings is 1. The van der Waals surface area contributed by atoms with Crippen molar-refractivity contribution in [3.05, 3.63) is 47.9 Å². The summed E-state index contributed by atoms with van der Waals surface area (Å²) < 4.78 is 5.17. The molecule has 3 aromatic heterocycles. The lowest BCUT2D eigenvalue weighted by Gasteiger charge is -2.07. The van der Waals surface area contributed by atoms with Gasteiger partial charge in [-0.25, -0.2) is 0 Å². The Hall–Kier alpha value is -2.32. The number of nitrogens with one attached hydrogen (secondary N) is 2. The first-order valence-electron chi connectivity index (χ1n) is 6.12. The molecule has 0 bridgehead atoms. The molecule has 0 atom stereocenters. The molecule has 3 aromatic rings. The summed E-state index contributed by atoms with van der Waals surface area (Å²) in [5.74, 6) is 1.08. The van der Waals surface area contributed by atoms with E-state index in [1.807, 2.05) is 29.6 Å². The second kappa shape index (κ2) is 6.42. The monoisotopic (exact) mass is 317 g/mol. The first-order chi connectivity index (χ1) is 10.3. The SMILES string of the molecule is S=C(NCc1nc(-c2cccs2)no1)Nc1ccncc1. The summed E-state index contributed by atoms with van der Waals surface area (Å²) in [4.78, 5) is 9.22. The Morgan fingerprint density at radius 1 is 1.29 bits per heavy atom. The van der Waals surface area contributed by atoms with Crippen LogP contribution >= 0.6 is 23.6 Å². The summed E-state index contributed by atoms with van der Waals surface area (Å²) in [5, 5.41) is 12.4. The highest BCUT2D eigenvalue weighted by Crippen LogP contribution is 2.21. The number of hydrogen-bond acceptors (Lipinski definition) is 6. The lowest BCUT2D eigenvalue weighted by atomic mass is 10.4. The van der Waals surface area contributed by atoms with Crippen LogP contribution in [-0.2, 0) is 6.54 Å². The van der Waals surface area contributed by atoms with Gasteiger partial charge >= 0.3 is 0 Å². The topological polar surface area (TPSA) is 75.9 Å². The van der Waals surface area contributed by atoms with Gasteiger partial charge in [-0.1, -0.05) is 11.2 Å². The second-order valence-electron chi connectivity index (χ2n) is 4.03. The molecule has 0 aliphatic carbocycles. The van der Waals surface area contributed by atoms with Gasteiger partial charge in [-0.2, -0.15) is 4.98 Å². The molecule has 0 unspecified atom stereocenters. The summed E-state index contributed by atoms with van der Waals surface area (Å²) in [5.41, 5.74) is 0.868. The molecule has 0 amide bonds. The van der Waals surface area contributed by atoms with E-state index in [4.69, 9.17) is 16.7 Å². The molecule has 21 heavy (non-hydrogen) atoms. The molecule has 0 saturated heterocycles. The number of thiocarbonyl (C=S) groups is 1. The van der Waals surface area contributed by atoms with Crippen LogP contribution in [0.25, 0.3) is 10.7 Å². The largest absolute Gasteiger partial charge is 0.353 e. The van der Waals surface area contributed by atoms with E-state index in [1.165, 1.54) is 0 Å². The average molecular weight is 317 g/mol. The summed E-state index contributed by atoms with van der Waals surface area (Å²) in [7, 11) is 0. The van der Waals surface area contributed by atoms with E-state index in [-0.39, 0.29) is 0 Å². The first-order valence-corrected chi connectivity index (χ1v) is 7.41. The van der Waals surface area contributed by atoms with Crippen molar-refractivity contribution in [3.63, 3.8) is 0 Å². The maximum Gasteiger partial charge on any atom is 0.246 e. The highest BCUT2D eigenvalue weighted by molar-refractivity contribution is 7.80. The molecule has 0 fully saturated rings. The van der Waals surface area contributed by atoms with E-state index < -0.39 is 0 Å². The van der Waals surface area contributed by atoms with Gasteiger partial charge in [0.15, 0.2) is 5.11 Å². The molecule has 3 rings (SSSR count). The van der Waals surface area contributed by atoms with E-state index in [2.05, 4.69) is 25.8 Å². The van der Waals surface area contributed by atoms with Crippen LogP contribution in [-0.4, -0.2) is 20.2 Å². The van der Waals surface area contributed by atoms with Gasteiger partial charge in [0.25, 0.3) is 0 Å². The number of aromatic nitrogens is 3. The van der Waals surface area contributed by atoms with Gasteiger partial charge in [-0.15, -0.1) is 11.3 Å². The molecule has 6 nitrogen and oxygen atoms in total. The van der Waals surface area contributed by atoms with Gasteiger partial charge in [0.1, 0.15) is 0 Å². The van der Waals surface area contributed by atoms with Gasteiger partial charge in [-0.3, -0.25) is 4.98 Å². The summed E-state index contributed by atoms with van der Waals surface area (Å²) in [6.45, 7) is 0.370. The third kappa shape index (κ3) is 3.61. The minimum atomic E-state index is 0.370. The second-order valence-corrected chi connectivity index (χ2v) is 5.39. The van der Waals surface area contributed by atoms with Crippen molar-refractivity contribution >= 4 is 34.4 Å². The molecule has 0 saturated carbocycles. The number of nitrogens with zero attached hydrogens (tertiary/aromatic N) is 3. The molecular formula is C13H11N5OS2. The molecule has 8 heteroatoms. The van der Waals surface area contributed by atoms with Gasteiger partial charge in [0, 0.05) is 18.1 Å². The minimum absolute atomic E-state index is 0.370. The molecule has 0 radical (unpaired) electrons. The van der Waals surface area contributed by atoms with Crippen molar-refractivity contribution in [2.75, 3.05) is 5.32 Å². The zero-order valence-electron chi connectivity index (χ0n) is 10.8. The van der Waals surface area contributed by atoms with Crippen molar-refractivity contribution in [3.8, 4) is 10.7 Å². The van der Waals surface area contributed by atoms with E-state index >= 15 is 0 Å². The van der Waals surface area contributed by atoms with Crippen LogP contribution in [0.1, 0.15) is 5.89 Å². The Kier molecular flexibility index (Phi) is 4.17. The predicted octanol–water partition coefficient (Wildman–Crippen LogP) is 2.68. The number of hydrogen-bond donors (Lipinski definition) is 2. The highest BCUT2D eigenvalue weighted by atomic mass is 32.1. The molecule has 0 aromatic carbocycles. The number of thiophene rings is 1. The lowest BCUT2D eigenvalue weighted by Crippen LogP contribution is -2.27. The molecule has 0 aliphatic rings. The molecular weight excluding hydrogens is 306 g/mol. The van der Waals surface area contributed by atoms with Crippen molar-refractivity contribution in [1.82, 2.24) is 20.4 Å². The zero-order chi connectivity index (χ0) is 14.5. The molecule has 0 aliphatic heterocycles. The van der Waals surface area contributed by atoms with Crippen LogP contribution in [0, 0.1) is 0 Å². The fraction of sp³-hybridized carbons (Fsp3) is 0.0769. The van der Waals surface area contributed by atoms with Gasteiger partial charge in [-0.05, 0) is 35.8 Å². The Balaban J connectivity index is 1.54. The Bertz CT molecular complexity index is 711. The predicted molar refractivity (Wildman–Crippen MR) is 84.9 cm³/mol. The third-order valence-electron chi connectivity index (χ3n) is 2.55. The quantitative estimate of drug-likeness (QED) is 0.716. The van der Waals surface area contributed by atoms with Gasteiger partial charge in [0.2, 0.25) is 11.7 Å². The number of anilines is 1. The van der Waals surface area contributed by atoms with Gasteiger partial charge in [0.05, 0.1) is 11.4 Å². The lowest BCUT2D eigenvalue weighted by molar-refractivity contribution is 0.376. The average Bonchev–Trinajstić information content (AvgIpc) is 3.17. The molecule has 106 valence electrons. The fourth-order valence-electron chi connectivity index (χ4n) is 1.60. The Morgan fingerprint density at radius 2 is 2.14 bits per heavy atom. The van der Waals surface area contributed by atoms with Crippen molar-refractivity contribution < 1.29 is 4.52 Å². The van der Waals surface area contributed by atoms with Crippen LogP contribution in [0.2, 0.25) is 0 Å².